The number of alkyl halides is 3. The van der Waals surface area contributed by atoms with E-state index < -0.39 is 12.1 Å². The Labute approximate surface area is 78.2 Å². The van der Waals surface area contributed by atoms with Crippen LogP contribution >= 0.6 is 0 Å². The van der Waals surface area contributed by atoms with Gasteiger partial charge in [-0.3, -0.25) is 4.79 Å². The molecule has 0 aromatic rings. The molecule has 0 saturated carbocycles. The van der Waals surface area contributed by atoms with Crippen molar-refractivity contribution in [2.24, 2.45) is 0 Å². The zero-order chi connectivity index (χ0) is 10.8. The predicted molar refractivity (Wildman–Crippen MR) is 39.5 cm³/mol. The third kappa shape index (κ3) is 2.58. The summed E-state index contributed by atoms with van der Waals surface area (Å²) in [5.74, 6) is -1.83. The average Bonchev–Trinajstić information content (AvgIpc) is 1.99. The number of hydrogen-bond donors (Lipinski definition) is 1. The summed E-state index contributed by atoms with van der Waals surface area (Å²) in [7, 11) is 0. The van der Waals surface area contributed by atoms with Gasteiger partial charge in [-0.05, 0) is 0 Å². The summed E-state index contributed by atoms with van der Waals surface area (Å²) in [5.41, 5.74) is 0. The Balaban J connectivity index is 2.24. The van der Waals surface area contributed by atoms with Crippen LogP contribution in [-0.4, -0.2) is 54.5 Å². The fourth-order valence-corrected chi connectivity index (χ4v) is 1.11. The van der Waals surface area contributed by atoms with Gasteiger partial charge >= 0.3 is 12.1 Å². The van der Waals surface area contributed by atoms with Crippen LogP contribution in [0.15, 0.2) is 0 Å². The lowest BCUT2D eigenvalue weighted by molar-refractivity contribution is -0.196. The van der Waals surface area contributed by atoms with E-state index in [0.717, 1.165) is 0 Å². The molecule has 0 unspecified atom stereocenters. The van der Waals surface area contributed by atoms with Crippen molar-refractivity contribution < 1.29 is 27.8 Å². The van der Waals surface area contributed by atoms with Crippen molar-refractivity contribution in [2.75, 3.05) is 26.3 Å². The van der Waals surface area contributed by atoms with Gasteiger partial charge in [-0.25, -0.2) is 0 Å². The van der Waals surface area contributed by atoms with Crippen molar-refractivity contribution in [1.82, 2.24) is 4.90 Å². The van der Waals surface area contributed by atoms with Crippen molar-refractivity contribution in [3.8, 4) is 0 Å². The summed E-state index contributed by atoms with van der Waals surface area (Å²) in [6.45, 7) is -0.209. The SMILES string of the molecule is O=C(N1CC(OCCO)C1)C(F)(F)F. The highest BCUT2D eigenvalue weighted by molar-refractivity contribution is 5.82. The molecule has 0 bridgehead atoms. The van der Waals surface area contributed by atoms with E-state index in [0.29, 0.717) is 4.90 Å². The van der Waals surface area contributed by atoms with Gasteiger partial charge in [-0.15, -0.1) is 0 Å². The van der Waals surface area contributed by atoms with E-state index in [1.54, 1.807) is 0 Å². The van der Waals surface area contributed by atoms with Gasteiger partial charge in [-0.2, -0.15) is 13.2 Å². The van der Waals surface area contributed by atoms with Crippen LogP contribution in [0.1, 0.15) is 0 Å². The first-order valence-corrected chi connectivity index (χ1v) is 4.03. The van der Waals surface area contributed by atoms with Gasteiger partial charge < -0.3 is 14.7 Å². The fraction of sp³-hybridized carbons (Fsp3) is 0.857. The van der Waals surface area contributed by atoms with Crippen LogP contribution in [0.4, 0.5) is 13.2 Å². The van der Waals surface area contributed by atoms with Crippen LogP contribution in [0.5, 0.6) is 0 Å². The summed E-state index contributed by atoms with van der Waals surface area (Å²) in [6.07, 6.45) is -5.18. The van der Waals surface area contributed by atoms with Crippen LogP contribution in [0, 0.1) is 0 Å². The molecule has 82 valence electrons. The normalized spacial score (nSPS) is 18.1. The molecule has 0 spiro atoms. The van der Waals surface area contributed by atoms with Crippen molar-refractivity contribution in [3.63, 3.8) is 0 Å². The number of carbonyl (C=O) groups excluding carboxylic acids is 1. The number of aliphatic hydroxyl groups excluding tert-OH is 1. The number of rotatable bonds is 3. The van der Waals surface area contributed by atoms with Crippen LogP contribution in [-0.2, 0) is 9.53 Å². The summed E-state index contributed by atoms with van der Waals surface area (Å²) in [4.78, 5) is 11.2. The Morgan fingerprint density at radius 3 is 2.50 bits per heavy atom. The Bertz CT molecular complexity index is 213. The highest BCUT2D eigenvalue weighted by Gasteiger charge is 2.46. The molecule has 0 aromatic carbocycles. The number of halogens is 3. The monoisotopic (exact) mass is 213 g/mol. The molecule has 14 heavy (non-hydrogen) atoms. The summed E-state index contributed by atoms with van der Waals surface area (Å²) >= 11 is 0. The van der Waals surface area contributed by atoms with Gasteiger partial charge in [0.05, 0.1) is 19.3 Å². The molecule has 1 rings (SSSR count). The van der Waals surface area contributed by atoms with Gasteiger partial charge in [0, 0.05) is 13.1 Å². The molecule has 1 N–H and O–H groups in total. The number of aliphatic hydroxyl groups is 1. The summed E-state index contributed by atoms with van der Waals surface area (Å²) < 4.78 is 40.4. The maximum Gasteiger partial charge on any atom is 0.471 e. The third-order valence-corrected chi connectivity index (χ3v) is 1.82. The summed E-state index contributed by atoms with van der Waals surface area (Å²) in [5, 5.41) is 8.35. The van der Waals surface area contributed by atoms with Crippen LogP contribution in [0.25, 0.3) is 0 Å². The third-order valence-electron chi connectivity index (χ3n) is 1.82. The van der Waals surface area contributed by atoms with E-state index in [9.17, 15) is 18.0 Å². The molecule has 0 radical (unpaired) electrons. The van der Waals surface area contributed by atoms with Crippen molar-refractivity contribution in [1.29, 1.82) is 0 Å². The molecule has 0 atom stereocenters. The van der Waals surface area contributed by atoms with Crippen LogP contribution in [0.3, 0.4) is 0 Å². The number of likely N-dealkylation sites (tertiary alicyclic amines) is 1. The molecule has 0 aliphatic carbocycles. The Morgan fingerprint density at radius 2 is 2.07 bits per heavy atom. The smallest absolute Gasteiger partial charge is 0.394 e. The lowest BCUT2D eigenvalue weighted by Crippen LogP contribution is -2.58. The molecule has 1 fully saturated rings. The van der Waals surface area contributed by atoms with Crippen molar-refractivity contribution in [3.05, 3.63) is 0 Å². The average molecular weight is 213 g/mol. The minimum absolute atomic E-state index is 0.0572. The van der Waals surface area contributed by atoms with E-state index in [1.165, 1.54) is 0 Å². The highest BCUT2D eigenvalue weighted by Crippen LogP contribution is 2.22. The van der Waals surface area contributed by atoms with E-state index >= 15 is 0 Å². The van der Waals surface area contributed by atoms with Gasteiger partial charge in [-0.1, -0.05) is 0 Å². The zero-order valence-corrected chi connectivity index (χ0v) is 7.25. The lowest BCUT2D eigenvalue weighted by Gasteiger charge is -2.38. The molecular formula is C7H10F3NO3. The van der Waals surface area contributed by atoms with Gasteiger partial charge in [0.2, 0.25) is 0 Å². The van der Waals surface area contributed by atoms with Crippen molar-refractivity contribution >= 4 is 5.91 Å². The maximum absolute atomic E-state index is 11.8. The molecule has 1 amide bonds. The second-order valence-corrected chi connectivity index (χ2v) is 2.92. The van der Waals surface area contributed by atoms with Crippen LogP contribution in [0.2, 0.25) is 0 Å². The summed E-state index contributed by atoms with van der Waals surface area (Å²) in [6, 6.07) is 0. The molecule has 0 aromatic heterocycles. The molecule has 4 nitrogen and oxygen atoms in total. The molecule has 1 saturated heterocycles. The Hall–Kier alpha value is -0.820. The quantitative estimate of drug-likeness (QED) is 0.704. The Kier molecular flexibility index (Phi) is 3.33. The van der Waals surface area contributed by atoms with Crippen LogP contribution < -0.4 is 0 Å². The van der Waals surface area contributed by atoms with Crippen molar-refractivity contribution in [2.45, 2.75) is 12.3 Å². The molecule has 1 heterocycles. The minimum Gasteiger partial charge on any atom is -0.394 e. The number of carbonyl (C=O) groups is 1. The number of hydrogen-bond acceptors (Lipinski definition) is 3. The van der Waals surface area contributed by atoms with E-state index in [2.05, 4.69) is 0 Å². The first kappa shape index (κ1) is 11.3. The number of nitrogens with zero attached hydrogens (tertiary/aromatic N) is 1. The second-order valence-electron chi connectivity index (χ2n) is 2.92. The standard InChI is InChI=1S/C7H10F3NO3/c8-7(9,10)6(13)11-3-5(4-11)14-2-1-12/h5,12H,1-4H2. The highest BCUT2D eigenvalue weighted by atomic mass is 19.4. The molecule has 1 aliphatic rings. The fourth-order valence-electron chi connectivity index (χ4n) is 1.11. The molecular weight excluding hydrogens is 203 g/mol. The molecule has 7 heteroatoms. The van der Waals surface area contributed by atoms with E-state index in [1.807, 2.05) is 0 Å². The van der Waals surface area contributed by atoms with E-state index in [-0.39, 0.29) is 32.4 Å². The maximum atomic E-state index is 11.8. The molecule has 1 aliphatic heterocycles. The first-order valence-electron chi connectivity index (χ1n) is 4.03. The number of amides is 1. The Morgan fingerprint density at radius 1 is 1.50 bits per heavy atom. The van der Waals surface area contributed by atoms with Gasteiger partial charge in [0.25, 0.3) is 0 Å². The topological polar surface area (TPSA) is 49.8 Å². The first-order chi connectivity index (χ1) is 6.45. The van der Waals surface area contributed by atoms with Gasteiger partial charge in [0.1, 0.15) is 0 Å². The van der Waals surface area contributed by atoms with Gasteiger partial charge in [0.15, 0.2) is 0 Å². The second kappa shape index (κ2) is 4.14. The lowest BCUT2D eigenvalue weighted by atomic mass is 10.1. The number of ether oxygens (including phenoxy) is 1. The predicted octanol–water partition coefficient (Wildman–Crippen LogP) is -0.232. The largest absolute Gasteiger partial charge is 0.471 e. The van der Waals surface area contributed by atoms with E-state index in [4.69, 9.17) is 9.84 Å². The minimum atomic E-state index is -4.80. The zero-order valence-electron chi connectivity index (χ0n) is 7.25.